The molecule has 0 saturated heterocycles. The summed E-state index contributed by atoms with van der Waals surface area (Å²) in [5.74, 6) is -1.14. The smallest absolute Gasteiger partial charge is 0.433 e. The van der Waals surface area contributed by atoms with Crippen LogP contribution in [-0.4, -0.2) is 45.1 Å². The third-order valence-electron chi connectivity index (χ3n) is 6.06. The molecular weight excluding hydrogens is 453 g/mol. The van der Waals surface area contributed by atoms with Gasteiger partial charge in [0.15, 0.2) is 0 Å². The van der Waals surface area contributed by atoms with Crippen LogP contribution in [0.2, 0.25) is 0 Å². The summed E-state index contributed by atoms with van der Waals surface area (Å²) in [6, 6.07) is 4.47. The van der Waals surface area contributed by atoms with Crippen LogP contribution in [0.1, 0.15) is 63.8 Å². The number of carbonyl (C=O) groups excluding carboxylic acids is 2. The van der Waals surface area contributed by atoms with Gasteiger partial charge in [0.25, 0.3) is 5.91 Å². The summed E-state index contributed by atoms with van der Waals surface area (Å²) in [6.45, 7) is 0.171. The van der Waals surface area contributed by atoms with Crippen LogP contribution in [0.3, 0.4) is 0 Å². The molecule has 0 bridgehead atoms. The number of ether oxygens (including phenoxy) is 1. The van der Waals surface area contributed by atoms with E-state index in [9.17, 15) is 27.9 Å². The van der Waals surface area contributed by atoms with Gasteiger partial charge in [-0.05, 0) is 49.8 Å². The molecule has 8 nitrogen and oxygen atoms in total. The Labute approximate surface area is 192 Å². The Balaban J connectivity index is 1.65. The molecule has 3 aromatic rings. The number of aromatic nitrogens is 3. The highest BCUT2D eigenvalue weighted by Gasteiger charge is 2.33. The van der Waals surface area contributed by atoms with Crippen LogP contribution >= 0.6 is 0 Å². The lowest BCUT2D eigenvalue weighted by molar-refractivity contribution is -0.141. The molecule has 180 valence electrons. The zero-order chi connectivity index (χ0) is 24.5. The van der Waals surface area contributed by atoms with Crippen LogP contribution in [0.4, 0.5) is 18.9 Å². The number of aliphatic hydroxyl groups excluding tert-OH is 1. The molecule has 3 aromatic heterocycles. The number of nitrogens with one attached hydrogen (secondary N) is 1. The van der Waals surface area contributed by atoms with E-state index in [0.717, 1.165) is 49.6 Å². The number of nitrogens with zero attached hydrogens (tertiary/aromatic N) is 3. The van der Waals surface area contributed by atoms with Crippen molar-refractivity contribution in [3.05, 3.63) is 59.3 Å². The van der Waals surface area contributed by atoms with Gasteiger partial charge < -0.3 is 19.6 Å². The Kier molecular flexibility index (Phi) is 6.56. The number of carbonyl (C=O) groups is 2. The van der Waals surface area contributed by atoms with Crippen molar-refractivity contribution >= 4 is 23.2 Å². The summed E-state index contributed by atoms with van der Waals surface area (Å²) in [6.07, 6.45) is 2.13. The van der Waals surface area contributed by atoms with E-state index < -0.39 is 29.4 Å². The number of halogens is 3. The second-order valence-electron chi connectivity index (χ2n) is 8.28. The molecule has 0 aromatic carbocycles. The lowest BCUT2D eigenvalue weighted by Crippen LogP contribution is -2.19. The number of esters is 1. The monoisotopic (exact) mass is 476 g/mol. The summed E-state index contributed by atoms with van der Waals surface area (Å²) in [5.41, 5.74) is -0.283. The van der Waals surface area contributed by atoms with Gasteiger partial charge in [-0.1, -0.05) is 6.07 Å². The first kappa shape index (κ1) is 23.7. The maximum Gasteiger partial charge on any atom is 0.433 e. The number of pyridine rings is 2. The van der Waals surface area contributed by atoms with E-state index in [1.54, 1.807) is 10.6 Å². The van der Waals surface area contributed by atoms with Crippen molar-refractivity contribution in [3.8, 4) is 0 Å². The number of rotatable bonds is 5. The fourth-order valence-electron chi connectivity index (χ4n) is 4.17. The third-order valence-corrected chi connectivity index (χ3v) is 6.06. The molecule has 0 spiro atoms. The van der Waals surface area contributed by atoms with Gasteiger partial charge in [-0.15, -0.1) is 0 Å². The molecule has 0 atom stereocenters. The summed E-state index contributed by atoms with van der Waals surface area (Å²) >= 11 is 0. The SMILES string of the molecule is COC(=O)c1cc2nc(C3CCC(CO)CC3)cn2cc1NC(=O)c1cccc(C(F)(F)F)n1. The normalized spacial score (nSPS) is 18.6. The van der Waals surface area contributed by atoms with Crippen LogP contribution in [0.25, 0.3) is 5.65 Å². The van der Waals surface area contributed by atoms with E-state index in [0.29, 0.717) is 11.6 Å². The Bertz CT molecular complexity index is 1220. The molecule has 0 unspecified atom stereocenters. The second kappa shape index (κ2) is 9.41. The minimum absolute atomic E-state index is 0.0106. The van der Waals surface area contributed by atoms with Crippen LogP contribution < -0.4 is 5.32 Å². The number of hydrogen-bond donors (Lipinski definition) is 2. The molecule has 1 amide bonds. The van der Waals surface area contributed by atoms with Crippen molar-refractivity contribution < 1.29 is 32.6 Å². The Morgan fingerprint density at radius 1 is 1.18 bits per heavy atom. The summed E-state index contributed by atoms with van der Waals surface area (Å²) in [7, 11) is 1.18. The lowest BCUT2D eigenvalue weighted by atomic mass is 9.81. The van der Waals surface area contributed by atoms with Crippen molar-refractivity contribution in [1.82, 2.24) is 14.4 Å². The van der Waals surface area contributed by atoms with Crippen molar-refractivity contribution in [2.75, 3.05) is 19.0 Å². The molecule has 1 aliphatic carbocycles. The number of aliphatic hydroxyl groups is 1. The molecule has 1 fully saturated rings. The van der Waals surface area contributed by atoms with Crippen LogP contribution in [0, 0.1) is 5.92 Å². The van der Waals surface area contributed by atoms with Gasteiger partial charge in [0.2, 0.25) is 0 Å². The summed E-state index contributed by atoms with van der Waals surface area (Å²) < 4.78 is 45.4. The first-order valence-corrected chi connectivity index (χ1v) is 10.8. The van der Waals surface area contributed by atoms with Crippen LogP contribution in [-0.2, 0) is 10.9 Å². The van der Waals surface area contributed by atoms with Crippen LogP contribution in [0.5, 0.6) is 0 Å². The average molecular weight is 476 g/mol. The molecule has 2 N–H and O–H groups in total. The fraction of sp³-hybridized carbons (Fsp3) is 0.391. The number of hydrogen-bond acceptors (Lipinski definition) is 6. The van der Waals surface area contributed by atoms with Gasteiger partial charge >= 0.3 is 12.1 Å². The summed E-state index contributed by atoms with van der Waals surface area (Å²) in [4.78, 5) is 33.0. The molecule has 1 saturated carbocycles. The van der Waals surface area contributed by atoms with Crippen molar-refractivity contribution in [3.63, 3.8) is 0 Å². The predicted molar refractivity (Wildman–Crippen MR) is 116 cm³/mol. The van der Waals surface area contributed by atoms with E-state index in [1.807, 2.05) is 0 Å². The van der Waals surface area contributed by atoms with E-state index in [2.05, 4.69) is 15.3 Å². The highest BCUT2D eigenvalue weighted by molar-refractivity contribution is 6.07. The number of amides is 1. The highest BCUT2D eigenvalue weighted by atomic mass is 19.4. The van der Waals surface area contributed by atoms with Crippen LogP contribution in [0.15, 0.2) is 36.7 Å². The molecule has 1 aliphatic rings. The topological polar surface area (TPSA) is 106 Å². The molecule has 3 heterocycles. The van der Waals surface area contributed by atoms with E-state index in [-0.39, 0.29) is 23.8 Å². The van der Waals surface area contributed by atoms with Gasteiger partial charge in [0.1, 0.15) is 17.0 Å². The molecule has 34 heavy (non-hydrogen) atoms. The average Bonchev–Trinajstić information content (AvgIpc) is 3.25. The van der Waals surface area contributed by atoms with Crippen molar-refractivity contribution in [2.24, 2.45) is 5.92 Å². The quantitative estimate of drug-likeness (QED) is 0.538. The van der Waals surface area contributed by atoms with E-state index >= 15 is 0 Å². The van der Waals surface area contributed by atoms with Crippen molar-refractivity contribution in [1.29, 1.82) is 0 Å². The number of imidazole rings is 1. The van der Waals surface area contributed by atoms with E-state index in [1.165, 1.54) is 19.4 Å². The predicted octanol–water partition coefficient (Wildman–Crippen LogP) is 4.05. The van der Waals surface area contributed by atoms with Gasteiger partial charge in [0, 0.05) is 24.9 Å². The van der Waals surface area contributed by atoms with Crippen molar-refractivity contribution in [2.45, 2.75) is 37.8 Å². The van der Waals surface area contributed by atoms with Gasteiger partial charge in [-0.3, -0.25) is 4.79 Å². The van der Waals surface area contributed by atoms with Gasteiger partial charge in [0.05, 0.1) is 24.1 Å². The first-order chi connectivity index (χ1) is 16.2. The zero-order valence-electron chi connectivity index (χ0n) is 18.3. The molecule has 11 heteroatoms. The maximum absolute atomic E-state index is 13.0. The lowest BCUT2D eigenvalue weighted by Gasteiger charge is -2.25. The molecule has 0 radical (unpaired) electrons. The number of alkyl halides is 3. The fourth-order valence-corrected chi connectivity index (χ4v) is 4.17. The molecule has 4 rings (SSSR count). The second-order valence-corrected chi connectivity index (χ2v) is 8.28. The highest BCUT2D eigenvalue weighted by Crippen LogP contribution is 2.35. The zero-order valence-corrected chi connectivity index (χ0v) is 18.3. The third kappa shape index (κ3) is 4.89. The first-order valence-electron chi connectivity index (χ1n) is 10.8. The van der Waals surface area contributed by atoms with E-state index in [4.69, 9.17) is 4.74 Å². The Hall–Kier alpha value is -3.47. The largest absolute Gasteiger partial charge is 0.465 e. The maximum atomic E-state index is 13.0. The standard InChI is InChI=1S/C23H23F3N4O4/c1-34-22(33)15-9-20-28-17(14-7-5-13(12-31)6-8-14)10-30(20)11-18(15)29-21(32)16-3-2-4-19(27-16)23(24,25)26/h2-4,9-11,13-14,31H,5-8,12H2,1H3,(H,29,32). The Morgan fingerprint density at radius 2 is 1.91 bits per heavy atom. The number of methoxy groups -OCH3 is 1. The van der Waals surface area contributed by atoms with Gasteiger partial charge in [-0.25, -0.2) is 14.8 Å². The Morgan fingerprint density at radius 3 is 2.56 bits per heavy atom. The minimum Gasteiger partial charge on any atom is -0.465 e. The minimum atomic E-state index is -4.70. The number of fused-ring (bicyclic) bond motifs is 1. The van der Waals surface area contributed by atoms with Gasteiger partial charge in [-0.2, -0.15) is 13.2 Å². The summed E-state index contributed by atoms with van der Waals surface area (Å²) in [5, 5.41) is 11.8. The number of anilines is 1. The molecular formula is C23H23F3N4O4. The molecule has 0 aliphatic heterocycles.